The molecule has 0 saturated heterocycles. The van der Waals surface area contributed by atoms with Crippen LogP contribution in [0, 0.1) is 16.3 Å². The van der Waals surface area contributed by atoms with Crippen LogP contribution >= 0.6 is 22.6 Å². The Morgan fingerprint density at radius 1 is 1.43 bits per heavy atom. The summed E-state index contributed by atoms with van der Waals surface area (Å²) in [6.07, 6.45) is 0. The summed E-state index contributed by atoms with van der Waals surface area (Å²) in [5.74, 6) is 0.741. The fraction of sp³-hybridized carbons (Fsp3) is 0.111. The summed E-state index contributed by atoms with van der Waals surface area (Å²) >= 11 is 1.92. The molecule has 72 valence electrons. The average molecular weight is 304 g/mol. The molecule has 5 heteroatoms. The zero-order valence-electron chi connectivity index (χ0n) is 7.29. The normalized spacial score (nSPS) is 10.5. The molecule has 0 spiro atoms. The number of hydrogen-bond donors (Lipinski definition) is 0. The maximum Gasteiger partial charge on any atom is 0.257 e. The summed E-state index contributed by atoms with van der Waals surface area (Å²) in [5, 5.41) is 3.66. The molecular weight excluding hydrogens is 298 g/mol. The van der Waals surface area contributed by atoms with E-state index in [0.29, 0.717) is 15.3 Å². The van der Waals surface area contributed by atoms with Gasteiger partial charge in [-0.25, -0.2) is 4.39 Å². The van der Waals surface area contributed by atoms with Gasteiger partial charge in [0.1, 0.15) is 5.82 Å². The van der Waals surface area contributed by atoms with E-state index >= 15 is 0 Å². The van der Waals surface area contributed by atoms with E-state index in [2.05, 4.69) is 10.1 Å². The molecule has 0 atom stereocenters. The molecule has 1 aromatic carbocycles. The highest BCUT2D eigenvalue weighted by molar-refractivity contribution is 14.1. The lowest BCUT2D eigenvalue weighted by Crippen LogP contribution is -1.84. The number of halogens is 2. The van der Waals surface area contributed by atoms with Gasteiger partial charge in [0.05, 0.1) is 0 Å². The molecule has 0 aliphatic rings. The number of rotatable bonds is 1. The van der Waals surface area contributed by atoms with Gasteiger partial charge in [0.15, 0.2) is 5.82 Å². The van der Waals surface area contributed by atoms with E-state index in [0.717, 1.165) is 5.56 Å². The van der Waals surface area contributed by atoms with Crippen molar-refractivity contribution in [1.82, 2.24) is 10.1 Å². The minimum Gasteiger partial charge on any atom is -0.334 e. The van der Waals surface area contributed by atoms with Gasteiger partial charge in [-0.3, -0.25) is 0 Å². The molecule has 14 heavy (non-hydrogen) atoms. The largest absolute Gasteiger partial charge is 0.334 e. The fourth-order valence-electron chi connectivity index (χ4n) is 1.04. The van der Waals surface area contributed by atoms with E-state index in [1.54, 1.807) is 19.1 Å². The Morgan fingerprint density at radius 3 is 2.79 bits per heavy atom. The van der Waals surface area contributed by atoms with Gasteiger partial charge in [0.25, 0.3) is 5.89 Å². The molecule has 0 radical (unpaired) electrons. The molecule has 0 bridgehead atoms. The lowest BCUT2D eigenvalue weighted by Gasteiger charge is -1.96. The molecule has 0 aliphatic heterocycles. The lowest BCUT2D eigenvalue weighted by atomic mass is 10.2. The summed E-state index contributed by atoms with van der Waals surface area (Å²) in [7, 11) is 0. The molecule has 2 rings (SSSR count). The van der Waals surface area contributed by atoms with Gasteiger partial charge in [0.2, 0.25) is 0 Å². The van der Waals surface area contributed by atoms with E-state index in [1.165, 1.54) is 6.07 Å². The number of hydrogen-bond acceptors (Lipinski definition) is 3. The summed E-state index contributed by atoms with van der Waals surface area (Å²) < 4.78 is 18.4. The van der Waals surface area contributed by atoms with Crippen LogP contribution < -0.4 is 0 Å². The monoisotopic (exact) mass is 304 g/mol. The van der Waals surface area contributed by atoms with Crippen LogP contribution in [0.25, 0.3) is 11.5 Å². The van der Waals surface area contributed by atoms with Crippen LogP contribution in [0.3, 0.4) is 0 Å². The van der Waals surface area contributed by atoms with Crippen molar-refractivity contribution in [2.45, 2.75) is 6.92 Å². The molecule has 1 heterocycles. The Morgan fingerprint density at radius 2 is 2.21 bits per heavy atom. The van der Waals surface area contributed by atoms with E-state index in [-0.39, 0.29) is 5.82 Å². The Balaban J connectivity index is 2.47. The molecule has 1 aromatic heterocycles. The van der Waals surface area contributed by atoms with Crippen molar-refractivity contribution >= 4 is 22.6 Å². The van der Waals surface area contributed by atoms with Crippen LogP contribution in [-0.4, -0.2) is 10.1 Å². The second kappa shape index (κ2) is 3.64. The molecule has 2 aromatic rings. The molecule has 0 fully saturated rings. The van der Waals surface area contributed by atoms with E-state index in [9.17, 15) is 4.39 Å². The predicted octanol–water partition coefficient (Wildman–Crippen LogP) is 2.79. The third-order valence-corrected chi connectivity index (χ3v) is 2.52. The molecule has 0 aliphatic carbocycles. The maximum absolute atomic E-state index is 12.9. The zero-order chi connectivity index (χ0) is 10.1. The second-order valence-electron chi connectivity index (χ2n) is 2.78. The van der Waals surface area contributed by atoms with Crippen LogP contribution in [0.1, 0.15) is 5.82 Å². The number of benzene rings is 1. The molecular formula is C9H6FIN2O. The highest BCUT2D eigenvalue weighted by Crippen LogP contribution is 2.21. The van der Waals surface area contributed by atoms with E-state index in [4.69, 9.17) is 4.52 Å². The van der Waals surface area contributed by atoms with Crippen molar-refractivity contribution in [2.24, 2.45) is 0 Å². The third kappa shape index (κ3) is 1.77. The summed E-state index contributed by atoms with van der Waals surface area (Å²) in [6.45, 7) is 1.74. The molecule has 0 N–H and O–H groups in total. The highest BCUT2D eigenvalue weighted by Gasteiger charge is 2.08. The van der Waals surface area contributed by atoms with Gasteiger partial charge < -0.3 is 4.52 Å². The van der Waals surface area contributed by atoms with Gasteiger partial charge in [-0.05, 0) is 47.7 Å². The second-order valence-corrected chi connectivity index (χ2v) is 3.94. The molecule has 0 saturated carbocycles. The number of aryl methyl sites for hydroxylation is 1. The van der Waals surface area contributed by atoms with Gasteiger partial charge in [0, 0.05) is 9.13 Å². The standard InChI is InChI=1S/C9H6FIN2O/c1-5-12-9(14-13-5)6-2-3-7(10)8(11)4-6/h2-4H,1H3. The topological polar surface area (TPSA) is 38.9 Å². The summed E-state index contributed by atoms with van der Waals surface area (Å²) in [5.41, 5.74) is 0.733. The summed E-state index contributed by atoms with van der Waals surface area (Å²) in [6, 6.07) is 4.67. The van der Waals surface area contributed by atoms with Crippen molar-refractivity contribution in [1.29, 1.82) is 0 Å². The minimum absolute atomic E-state index is 0.245. The van der Waals surface area contributed by atoms with Crippen molar-refractivity contribution in [3.05, 3.63) is 33.4 Å². The smallest absolute Gasteiger partial charge is 0.257 e. The Labute approximate surface area is 93.5 Å². The highest BCUT2D eigenvalue weighted by atomic mass is 127. The average Bonchev–Trinajstić information content (AvgIpc) is 2.57. The lowest BCUT2D eigenvalue weighted by molar-refractivity contribution is 0.425. The third-order valence-electron chi connectivity index (χ3n) is 1.69. The van der Waals surface area contributed by atoms with Gasteiger partial charge in [-0.1, -0.05) is 5.16 Å². The van der Waals surface area contributed by atoms with Crippen molar-refractivity contribution in [3.8, 4) is 11.5 Å². The molecule has 3 nitrogen and oxygen atoms in total. The van der Waals surface area contributed by atoms with Crippen LogP contribution in [-0.2, 0) is 0 Å². The van der Waals surface area contributed by atoms with E-state index < -0.39 is 0 Å². The van der Waals surface area contributed by atoms with Crippen LogP contribution in [0.5, 0.6) is 0 Å². The molecule has 0 unspecified atom stereocenters. The zero-order valence-corrected chi connectivity index (χ0v) is 9.45. The van der Waals surface area contributed by atoms with Crippen LogP contribution in [0.2, 0.25) is 0 Å². The van der Waals surface area contributed by atoms with Crippen molar-refractivity contribution in [3.63, 3.8) is 0 Å². The van der Waals surface area contributed by atoms with Crippen LogP contribution in [0.4, 0.5) is 4.39 Å². The van der Waals surface area contributed by atoms with Gasteiger partial charge in [-0.2, -0.15) is 4.98 Å². The SMILES string of the molecule is Cc1noc(-c2ccc(F)c(I)c2)n1. The first-order chi connectivity index (χ1) is 6.66. The predicted molar refractivity (Wildman–Crippen MR) is 57.1 cm³/mol. The van der Waals surface area contributed by atoms with Crippen LogP contribution in [0.15, 0.2) is 22.7 Å². The minimum atomic E-state index is -0.245. The Bertz CT molecular complexity index is 470. The fourth-order valence-corrected chi connectivity index (χ4v) is 1.56. The quantitative estimate of drug-likeness (QED) is 0.761. The number of nitrogens with zero attached hydrogens (tertiary/aromatic N) is 2. The van der Waals surface area contributed by atoms with Gasteiger partial charge in [-0.15, -0.1) is 0 Å². The summed E-state index contributed by atoms with van der Waals surface area (Å²) in [4.78, 5) is 4.05. The Hall–Kier alpha value is -0.980. The first-order valence-corrected chi connectivity index (χ1v) is 5.00. The maximum atomic E-state index is 12.9. The van der Waals surface area contributed by atoms with Crippen molar-refractivity contribution in [2.75, 3.05) is 0 Å². The number of aromatic nitrogens is 2. The molecule has 0 amide bonds. The first-order valence-electron chi connectivity index (χ1n) is 3.92. The van der Waals surface area contributed by atoms with Gasteiger partial charge >= 0.3 is 0 Å². The van der Waals surface area contributed by atoms with E-state index in [1.807, 2.05) is 22.6 Å². The first kappa shape index (κ1) is 9.57. The Kier molecular flexibility index (Phi) is 2.49. The van der Waals surface area contributed by atoms with Crippen molar-refractivity contribution < 1.29 is 8.91 Å².